The molecule has 2 aromatic rings. The molecule has 0 spiro atoms. The number of thiophene rings is 1. The summed E-state index contributed by atoms with van der Waals surface area (Å²) in [5.74, 6) is 0.187. The van der Waals surface area contributed by atoms with Gasteiger partial charge in [0.25, 0.3) is 0 Å². The van der Waals surface area contributed by atoms with Gasteiger partial charge in [-0.2, -0.15) is 0 Å². The first-order chi connectivity index (χ1) is 8.16. The van der Waals surface area contributed by atoms with Crippen molar-refractivity contribution in [3.63, 3.8) is 0 Å². The van der Waals surface area contributed by atoms with Gasteiger partial charge in [0.15, 0.2) is 6.04 Å². The number of carboxylic acids is 1. The van der Waals surface area contributed by atoms with Crippen LogP contribution in [0.15, 0.2) is 29.8 Å². The van der Waals surface area contributed by atoms with E-state index in [4.69, 9.17) is 0 Å². The van der Waals surface area contributed by atoms with Crippen molar-refractivity contribution in [2.45, 2.75) is 13.0 Å². The molecule has 0 saturated heterocycles. The molecule has 2 aromatic heterocycles. The van der Waals surface area contributed by atoms with Gasteiger partial charge in [0.05, 0.1) is 0 Å². The molecule has 0 radical (unpaired) electrons. The van der Waals surface area contributed by atoms with Crippen LogP contribution in [-0.4, -0.2) is 21.0 Å². The first-order valence-corrected chi connectivity index (χ1v) is 5.87. The van der Waals surface area contributed by atoms with Crippen molar-refractivity contribution in [2.75, 3.05) is 5.32 Å². The Morgan fingerprint density at radius 2 is 2.35 bits per heavy atom. The Balaban J connectivity index is 2.22. The minimum Gasteiger partial charge on any atom is -0.479 e. The Hall–Kier alpha value is -1.95. The van der Waals surface area contributed by atoms with Crippen LogP contribution in [0.1, 0.15) is 16.7 Å². The zero-order valence-electron chi connectivity index (χ0n) is 9.12. The molecule has 1 atom stereocenters. The molecule has 0 aromatic carbocycles. The van der Waals surface area contributed by atoms with Gasteiger partial charge in [-0.15, -0.1) is 11.3 Å². The number of hydrogen-bond acceptors (Lipinski definition) is 5. The normalized spacial score (nSPS) is 12.1. The Bertz CT molecular complexity index is 513. The lowest BCUT2D eigenvalue weighted by molar-refractivity contribution is -0.138. The smallest absolute Gasteiger partial charge is 0.331 e. The number of hydrogen-bond donors (Lipinski definition) is 2. The maximum absolute atomic E-state index is 11.2. The van der Waals surface area contributed by atoms with Gasteiger partial charge in [0.2, 0.25) is 0 Å². The summed E-state index contributed by atoms with van der Waals surface area (Å²) in [6.45, 7) is 1.76. The molecule has 2 rings (SSSR count). The van der Waals surface area contributed by atoms with Crippen LogP contribution < -0.4 is 5.32 Å². The van der Waals surface area contributed by atoms with Crippen LogP contribution in [0.3, 0.4) is 0 Å². The van der Waals surface area contributed by atoms with E-state index in [0.29, 0.717) is 11.6 Å². The van der Waals surface area contributed by atoms with Crippen molar-refractivity contribution in [2.24, 2.45) is 0 Å². The topological polar surface area (TPSA) is 75.1 Å². The average Bonchev–Trinajstić information content (AvgIpc) is 2.78. The molecule has 0 aliphatic rings. The monoisotopic (exact) mass is 249 g/mol. The summed E-state index contributed by atoms with van der Waals surface area (Å²) < 4.78 is 0. The van der Waals surface area contributed by atoms with Crippen molar-refractivity contribution in [1.82, 2.24) is 9.97 Å². The predicted octanol–water partition coefficient (Wildman–Crippen LogP) is 2.08. The maximum Gasteiger partial charge on any atom is 0.331 e. The van der Waals surface area contributed by atoms with Gasteiger partial charge in [0.1, 0.15) is 11.6 Å². The zero-order chi connectivity index (χ0) is 12.3. The van der Waals surface area contributed by atoms with E-state index in [9.17, 15) is 9.90 Å². The highest BCUT2D eigenvalue weighted by Gasteiger charge is 2.20. The second-order valence-corrected chi connectivity index (χ2v) is 4.40. The third-order valence-electron chi connectivity index (χ3n) is 2.14. The van der Waals surface area contributed by atoms with E-state index in [2.05, 4.69) is 15.3 Å². The molecule has 0 amide bonds. The third kappa shape index (κ3) is 2.79. The summed E-state index contributed by atoms with van der Waals surface area (Å²) in [6, 6.07) is 4.48. The summed E-state index contributed by atoms with van der Waals surface area (Å²) in [7, 11) is 0. The summed E-state index contributed by atoms with van der Waals surface area (Å²) in [6.07, 6.45) is 1.60. The van der Waals surface area contributed by atoms with E-state index in [-0.39, 0.29) is 0 Å². The fraction of sp³-hybridized carbons (Fsp3) is 0.182. The van der Waals surface area contributed by atoms with Crippen LogP contribution in [0.2, 0.25) is 0 Å². The summed E-state index contributed by atoms with van der Waals surface area (Å²) in [5, 5.41) is 13.9. The van der Waals surface area contributed by atoms with Gasteiger partial charge >= 0.3 is 5.97 Å². The Morgan fingerprint density at radius 1 is 1.53 bits per heavy atom. The third-order valence-corrected chi connectivity index (χ3v) is 3.08. The van der Waals surface area contributed by atoms with E-state index in [1.54, 1.807) is 25.3 Å². The molecular weight excluding hydrogens is 238 g/mol. The molecule has 0 aliphatic heterocycles. The average molecular weight is 249 g/mol. The van der Waals surface area contributed by atoms with Crippen molar-refractivity contribution in [3.05, 3.63) is 40.5 Å². The maximum atomic E-state index is 11.2. The van der Waals surface area contributed by atoms with Crippen molar-refractivity contribution in [3.8, 4) is 0 Å². The van der Waals surface area contributed by atoms with Crippen LogP contribution in [-0.2, 0) is 4.79 Å². The Morgan fingerprint density at radius 3 is 2.94 bits per heavy atom. The Kier molecular flexibility index (Phi) is 3.34. The molecule has 1 unspecified atom stereocenters. The van der Waals surface area contributed by atoms with Gasteiger partial charge in [0, 0.05) is 11.1 Å². The predicted molar refractivity (Wildman–Crippen MR) is 65.1 cm³/mol. The fourth-order valence-electron chi connectivity index (χ4n) is 1.39. The van der Waals surface area contributed by atoms with Gasteiger partial charge < -0.3 is 10.4 Å². The standard InChI is InChI=1S/C11H11N3O2S/c1-7-12-5-4-9(13-7)14-10(11(15)16)8-3-2-6-17-8/h2-6,10H,1H3,(H,15,16)(H,12,13,14). The molecule has 17 heavy (non-hydrogen) atoms. The molecule has 0 fully saturated rings. The van der Waals surface area contributed by atoms with Gasteiger partial charge in [-0.3, -0.25) is 0 Å². The molecule has 5 nitrogen and oxygen atoms in total. The molecular formula is C11H11N3O2S. The number of aromatic nitrogens is 2. The number of aliphatic carboxylic acids is 1. The van der Waals surface area contributed by atoms with Crippen molar-refractivity contribution in [1.29, 1.82) is 0 Å². The Labute approximate surface area is 102 Å². The van der Waals surface area contributed by atoms with E-state index in [1.165, 1.54) is 11.3 Å². The minimum atomic E-state index is -0.927. The highest BCUT2D eigenvalue weighted by molar-refractivity contribution is 7.10. The molecule has 0 saturated carbocycles. The minimum absolute atomic E-state index is 0.512. The number of carboxylic acid groups (broad SMARTS) is 1. The summed E-state index contributed by atoms with van der Waals surface area (Å²) >= 11 is 1.40. The fourth-order valence-corrected chi connectivity index (χ4v) is 2.16. The van der Waals surface area contributed by atoms with E-state index in [0.717, 1.165) is 4.88 Å². The van der Waals surface area contributed by atoms with Crippen LogP contribution in [0.4, 0.5) is 5.82 Å². The van der Waals surface area contributed by atoms with Crippen LogP contribution >= 0.6 is 11.3 Å². The van der Waals surface area contributed by atoms with E-state index < -0.39 is 12.0 Å². The molecule has 0 aliphatic carbocycles. The largest absolute Gasteiger partial charge is 0.479 e. The number of carbonyl (C=O) groups is 1. The second kappa shape index (κ2) is 4.92. The van der Waals surface area contributed by atoms with Crippen molar-refractivity contribution < 1.29 is 9.90 Å². The lowest BCUT2D eigenvalue weighted by atomic mass is 10.2. The number of nitrogens with zero attached hydrogens (tertiary/aromatic N) is 2. The number of anilines is 1. The van der Waals surface area contributed by atoms with Gasteiger partial charge in [-0.05, 0) is 24.4 Å². The quantitative estimate of drug-likeness (QED) is 0.867. The van der Waals surface area contributed by atoms with E-state index >= 15 is 0 Å². The number of rotatable bonds is 4. The van der Waals surface area contributed by atoms with Gasteiger partial charge in [-0.1, -0.05) is 6.07 Å². The summed E-state index contributed by atoms with van der Waals surface area (Å²) in [5.41, 5.74) is 0. The molecule has 2 N–H and O–H groups in total. The van der Waals surface area contributed by atoms with Crippen LogP contribution in [0.25, 0.3) is 0 Å². The first-order valence-electron chi connectivity index (χ1n) is 4.99. The molecule has 2 heterocycles. The highest BCUT2D eigenvalue weighted by Crippen LogP contribution is 2.22. The SMILES string of the molecule is Cc1nccc(NC(C(=O)O)c2cccs2)n1. The van der Waals surface area contributed by atoms with Crippen LogP contribution in [0, 0.1) is 6.92 Å². The number of aryl methyl sites for hydroxylation is 1. The first kappa shape index (κ1) is 11.5. The van der Waals surface area contributed by atoms with E-state index in [1.807, 2.05) is 11.4 Å². The number of nitrogens with one attached hydrogen (secondary N) is 1. The lowest BCUT2D eigenvalue weighted by Gasteiger charge is -2.13. The lowest BCUT2D eigenvalue weighted by Crippen LogP contribution is -2.20. The van der Waals surface area contributed by atoms with Crippen LogP contribution in [0.5, 0.6) is 0 Å². The molecule has 6 heteroatoms. The zero-order valence-corrected chi connectivity index (χ0v) is 9.94. The van der Waals surface area contributed by atoms with Gasteiger partial charge in [-0.25, -0.2) is 14.8 Å². The molecule has 0 bridgehead atoms. The molecule has 88 valence electrons. The highest BCUT2D eigenvalue weighted by atomic mass is 32.1. The van der Waals surface area contributed by atoms with Crippen molar-refractivity contribution >= 4 is 23.1 Å². The second-order valence-electron chi connectivity index (χ2n) is 3.42. The summed E-state index contributed by atoms with van der Waals surface area (Å²) in [4.78, 5) is 20.0.